The van der Waals surface area contributed by atoms with E-state index in [0.29, 0.717) is 0 Å². The number of aromatic nitrogens is 2. The molecule has 0 radical (unpaired) electrons. The molecular formula is C6H8N4O. The zero-order valence-electron chi connectivity index (χ0n) is 5.77. The number of nitrogens with two attached hydrogens (primary N) is 1. The van der Waals surface area contributed by atoms with Gasteiger partial charge in [-0.2, -0.15) is 0 Å². The van der Waals surface area contributed by atoms with Crippen LogP contribution in [0.2, 0.25) is 0 Å². The number of amides is 1. The highest BCUT2D eigenvalue weighted by Crippen LogP contribution is 1.83. The van der Waals surface area contributed by atoms with E-state index in [1.165, 1.54) is 29.5 Å². The molecule has 3 N–H and O–H groups in total. The first kappa shape index (κ1) is 7.33. The standard InChI is InChI=1S/C6H8N4O/c7-1-2-9-6(11)10-4-3-8-5-10/h1-5H,7H2,(H,9,11)/b2-1-. The van der Waals surface area contributed by atoms with Gasteiger partial charge < -0.3 is 11.1 Å². The van der Waals surface area contributed by atoms with E-state index in [2.05, 4.69) is 10.3 Å². The van der Waals surface area contributed by atoms with Crippen LogP contribution in [0.5, 0.6) is 0 Å². The van der Waals surface area contributed by atoms with Gasteiger partial charge in [0.1, 0.15) is 6.33 Å². The second-order valence-electron chi connectivity index (χ2n) is 1.78. The number of nitrogens with one attached hydrogen (secondary N) is 1. The van der Waals surface area contributed by atoms with Crippen molar-refractivity contribution in [1.82, 2.24) is 14.9 Å². The highest BCUT2D eigenvalue weighted by molar-refractivity contribution is 5.77. The topological polar surface area (TPSA) is 72.9 Å². The largest absolute Gasteiger partial charge is 0.403 e. The molecule has 0 saturated carbocycles. The van der Waals surface area contributed by atoms with Crippen molar-refractivity contribution in [2.45, 2.75) is 0 Å². The summed E-state index contributed by atoms with van der Waals surface area (Å²) in [4.78, 5) is 14.7. The fourth-order valence-corrected chi connectivity index (χ4v) is 0.573. The molecule has 1 heterocycles. The third-order valence-electron chi connectivity index (χ3n) is 1.04. The van der Waals surface area contributed by atoms with Gasteiger partial charge >= 0.3 is 6.03 Å². The monoisotopic (exact) mass is 152 g/mol. The fraction of sp³-hybridized carbons (Fsp3) is 0. The van der Waals surface area contributed by atoms with Gasteiger partial charge in [-0.25, -0.2) is 9.78 Å². The lowest BCUT2D eigenvalue weighted by molar-refractivity contribution is 0.245. The van der Waals surface area contributed by atoms with E-state index >= 15 is 0 Å². The van der Waals surface area contributed by atoms with E-state index in [9.17, 15) is 4.79 Å². The van der Waals surface area contributed by atoms with Crippen molar-refractivity contribution in [3.8, 4) is 0 Å². The summed E-state index contributed by atoms with van der Waals surface area (Å²) in [5, 5.41) is 2.41. The smallest absolute Gasteiger partial charge is 0.330 e. The van der Waals surface area contributed by atoms with Crippen LogP contribution in [0.1, 0.15) is 0 Å². The molecule has 1 aromatic rings. The normalized spacial score (nSPS) is 10.2. The molecule has 58 valence electrons. The molecule has 11 heavy (non-hydrogen) atoms. The number of carbonyl (C=O) groups excluding carboxylic acids is 1. The second kappa shape index (κ2) is 3.40. The van der Waals surface area contributed by atoms with Crippen LogP contribution in [0.3, 0.4) is 0 Å². The molecule has 0 bridgehead atoms. The van der Waals surface area contributed by atoms with Crippen LogP contribution >= 0.6 is 0 Å². The first-order valence-corrected chi connectivity index (χ1v) is 3.00. The summed E-state index contributed by atoms with van der Waals surface area (Å²) >= 11 is 0. The third kappa shape index (κ3) is 1.82. The molecule has 0 aliphatic carbocycles. The average molecular weight is 152 g/mol. The van der Waals surface area contributed by atoms with Gasteiger partial charge in [0.2, 0.25) is 0 Å². The lowest BCUT2D eigenvalue weighted by atomic mass is 10.8. The molecule has 5 nitrogen and oxygen atoms in total. The van der Waals surface area contributed by atoms with Gasteiger partial charge in [0, 0.05) is 24.8 Å². The van der Waals surface area contributed by atoms with Gasteiger partial charge in [-0.1, -0.05) is 0 Å². The van der Waals surface area contributed by atoms with Crippen molar-refractivity contribution in [1.29, 1.82) is 0 Å². The van der Waals surface area contributed by atoms with E-state index in [-0.39, 0.29) is 6.03 Å². The average Bonchev–Trinajstić information content (AvgIpc) is 2.52. The molecular weight excluding hydrogens is 144 g/mol. The van der Waals surface area contributed by atoms with Crippen LogP contribution in [0.4, 0.5) is 4.79 Å². The summed E-state index contributed by atoms with van der Waals surface area (Å²) in [5.74, 6) is 0. The van der Waals surface area contributed by atoms with Crippen LogP contribution in [-0.4, -0.2) is 15.6 Å². The predicted octanol–water partition coefficient (Wildman–Crippen LogP) is -0.129. The Labute approximate surface area is 63.5 Å². The van der Waals surface area contributed by atoms with Crippen LogP contribution in [0.15, 0.2) is 31.1 Å². The minimum Gasteiger partial charge on any atom is -0.403 e. The van der Waals surface area contributed by atoms with Crippen LogP contribution in [-0.2, 0) is 0 Å². The Morgan fingerprint density at radius 1 is 1.73 bits per heavy atom. The van der Waals surface area contributed by atoms with E-state index < -0.39 is 0 Å². The molecule has 0 atom stereocenters. The molecule has 5 heteroatoms. The van der Waals surface area contributed by atoms with Gasteiger partial charge in [-0.3, -0.25) is 4.57 Å². The molecule has 1 aromatic heterocycles. The summed E-state index contributed by atoms with van der Waals surface area (Å²) in [7, 11) is 0. The van der Waals surface area contributed by atoms with Crippen molar-refractivity contribution in [2.24, 2.45) is 5.73 Å². The molecule has 0 fully saturated rings. The van der Waals surface area contributed by atoms with Crippen LogP contribution in [0.25, 0.3) is 0 Å². The Morgan fingerprint density at radius 2 is 2.55 bits per heavy atom. The quantitative estimate of drug-likeness (QED) is 0.588. The summed E-state index contributed by atoms with van der Waals surface area (Å²) in [6, 6.07) is -0.288. The molecule has 0 aliphatic rings. The number of imidazole rings is 1. The highest BCUT2D eigenvalue weighted by Gasteiger charge is 1.97. The number of carbonyl (C=O) groups is 1. The Kier molecular flexibility index (Phi) is 2.27. The molecule has 0 aliphatic heterocycles. The zero-order valence-corrected chi connectivity index (χ0v) is 5.77. The number of rotatable bonds is 1. The first-order chi connectivity index (χ1) is 5.34. The predicted molar refractivity (Wildman–Crippen MR) is 39.5 cm³/mol. The zero-order chi connectivity index (χ0) is 8.10. The second-order valence-corrected chi connectivity index (χ2v) is 1.78. The summed E-state index contributed by atoms with van der Waals surface area (Å²) in [6.07, 6.45) is 7.06. The molecule has 0 aromatic carbocycles. The van der Waals surface area contributed by atoms with Gasteiger partial charge in [0.05, 0.1) is 0 Å². The lowest BCUT2D eigenvalue weighted by Gasteiger charge is -1.97. The number of nitrogens with zero attached hydrogens (tertiary/aromatic N) is 2. The van der Waals surface area contributed by atoms with Gasteiger partial charge in [-0.15, -0.1) is 0 Å². The first-order valence-electron chi connectivity index (χ1n) is 3.00. The van der Waals surface area contributed by atoms with E-state index in [1.807, 2.05) is 0 Å². The van der Waals surface area contributed by atoms with E-state index in [0.717, 1.165) is 0 Å². The van der Waals surface area contributed by atoms with Crippen LogP contribution in [0, 0.1) is 0 Å². The summed E-state index contributed by atoms with van der Waals surface area (Å²) in [6.45, 7) is 0. The van der Waals surface area contributed by atoms with Gasteiger partial charge in [0.25, 0.3) is 0 Å². The van der Waals surface area contributed by atoms with Gasteiger partial charge in [0.15, 0.2) is 0 Å². The fourth-order valence-electron chi connectivity index (χ4n) is 0.573. The Bertz CT molecular complexity index is 252. The van der Waals surface area contributed by atoms with E-state index in [1.54, 1.807) is 6.20 Å². The highest BCUT2D eigenvalue weighted by atomic mass is 16.2. The maximum Gasteiger partial charge on any atom is 0.330 e. The molecule has 1 rings (SSSR count). The Balaban J connectivity index is 2.56. The SMILES string of the molecule is N/C=C\NC(=O)n1ccnc1. The minimum absolute atomic E-state index is 0.288. The number of hydrogen-bond donors (Lipinski definition) is 2. The maximum atomic E-state index is 11.0. The molecule has 0 spiro atoms. The van der Waals surface area contributed by atoms with Crippen molar-refractivity contribution < 1.29 is 4.79 Å². The molecule has 0 saturated heterocycles. The Morgan fingerprint density at radius 3 is 3.09 bits per heavy atom. The molecule has 0 unspecified atom stereocenters. The summed E-state index contributed by atoms with van der Waals surface area (Å²) in [5.41, 5.74) is 5.01. The molecule has 1 amide bonds. The maximum absolute atomic E-state index is 11.0. The summed E-state index contributed by atoms with van der Waals surface area (Å²) < 4.78 is 1.31. The van der Waals surface area contributed by atoms with Crippen LogP contribution < -0.4 is 11.1 Å². The lowest BCUT2D eigenvalue weighted by Crippen LogP contribution is -2.22. The number of hydrogen-bond acceptors (Lipinski definition) is 3. The van der Waals surface area contributed by atoms with E-state index in [4.69, 9.17) is 5.73 Å². The third-order valence-corrected chi connectivity index (χ3v) is 1.04. The van der Waals surface area contributed by atoms with Crippen molar-refractivity contribution in [3.63, 3.8) is 0 Å². The minimum atomic E-state index is -0.288. The van der Waals surface area contributed by atoms with Crippen molar-refractivity contribution in [3.05, 3.63) is 31.1 Å². The van der Waals surface area contributed by atoms with Gasteiger partial charge in [-0.05, 0) is 0 Å². The van der Waals surface area contributed by atoms with Crippen molar-refractivity contribution >= 4 is 6.03 Å². The Hall–Kier alpha value is -1.78. The van der Waals surface area contributed by atoms with Crippen molar-refractivity contribution in [2.75, 3.05) is 0 Å².